The SMILES string of the molecule is COc1ccc(CCCOc2cccc(CCOS(C)(=O)=O)c2)cc1. The van der Waals surface area contributed by atoms with Crippen molar-refractivity contribution in [1.29, 1.82) is 0 Å². The molecule has 0 aliphatic heterocycles. The normalized spacial score (nSPS) is 11.3. The number of benzene rings is 2. The van der Waals surface area contributed by atoms with Crippen LogP contribution in [0.5, 0.6) is 11.5 Å². The third kappa shape index (κ3) is 7.58. The highest BCUT2D eigenvalue weighted by molar-refractivity contribution is 7.85. The molecule has 6 heteroatoms. The fourth-order valence-electron chi connectivity index (χ4n) is 2.36. The van der Waals surface area contributed by atoms with Gasteiger partial charge in [-0.05, 0) is 54.7 Å². The molecule has 0 bridgehead atoms. The zero-order valence-electron chi connectivity index (χ0n) is 14.6. The van der Waals surface area contributed by atoms with Gasteiger partial charge in [0.2, 0.25) is 0 Å². The van der Waals surface area contributed by atoms with Crippen LogP contribution in [-0.2, 0) is 27.1 Å². The van der Waals surface area contributed by atoms with E-state index in [0.717, 1.165) is 36.2 Å². The van der Waals surface area contributed by atoms with E-state index in [2.05, 4.69) is 12.1 Å². The van der Waals surface area contributed by atoms with E-state index in [1.54, 1.807) is 7.11 Å². The Hall–Kier alpha value is -2.05. The van der Waals surface area contributed by atoms with Crippen molar-refractivity contribution in [1.82, 2.24) is 0 Å². The zero-order chi connectivity index (χ0) is 18.1. The van der Waals surface area contributed by atoms with Crippen LogP contribution >= 0.6 is 0 Å². The summed E-state index contributed by atoms with van der Waals surface area (Å²) < 4.78 is 37.6. The molecule has 0 radical (unpaired) electrons. The molecule has 0 fully saturated rings. The molecule has 0 aromatic heterocycles. The zero-order valence-corrected chi connectivity index (χ0v) is 15.4. The summed E-state index contributed by atoms with van der Waals surface area (Å²) in [6.45, 7) is 0.759. The highest BCUT2D eigenvalue weighted by Crippen LogP contribution is 2.16. The van der Waals surface area contributed by atoms with Crippen LogP contribution in [0.3, 0.4) is 0 Å². The minimum atomic E-state index is -3.39. The van der Waals surface area contributed by atoms with Gasteiger partial charge >= 0.3 is 0 Å². The Bertz CT molecular complexity index is 754. The highest BCUT2D eigenvalue weighted by atomic mass is 32.2. The number of hydrogen-bond donors (Lipinski definition) is 0. The van der Waals surface area contributed by atoms with Crippen LogP contribution in [0, 0.1) is 0 Å². The number of rotatable bonds is 10. The Kier molecular flexibility index (Phi) is 7.28. The molecule has 0 aliphatic rings. The average molecular weight is 364 g/mol. The Morgan fingerprint density at radius 2 is 1.64 bits per heavy atom. The Morgan fingerprint density at radius 3 is 2.32 bits per heavy atom. The first kappa shape index (κ1) is 19.3. The van der Waals surface area contributed by atoms with Crippen LogP contribution in [0.25, 0.3) is 0 Å². The minimum absolute atomic E-state index is 0.139. The van der Waals surface area contributed by atoms with Gasteiger partial charge in [-0.1, -0.05) is 24.3 Å². The molecule has 25 heavy (non-hydrogen) atoms. The van der Waals surface area contributed by atoms with Crippen LogP contribution in [0.2, 0.25) is 0 Å². The molecular weight excluding hydrogens is 340 g/mol. The van der Waals surface area contributed by atoms with Crippen molar-refractivity contribution >= 4 is 10.1 Å². The van der Waals surface area contributed by atoms with Gasteiger partial charge in [-0.3, -0.25) is 4.18 Å². The van der Waals surface area contributed by atoms with Crippen LogP contribution in [0.15, 0.2) is 48.5 Å². The van der Waals surface area contributed by atoms with Gasteiger partial charge in [-0.2, -0.15) is 8.42 Å². The van der Waals surface area contributed by atoms with Crippen molar-refractivity contribution in [3.8, 4) is 11.5 Å². The summed E-state index contributed by atoms with van der Waals surface area (Å²) in [5.74, 6) is 1.64. The number of hydrogen-bond acceptors (Lipinski definition) is 5. The molecular formula is C19H24O5S. The summed E-state index contributed by atoms with van der Waals surface area (Å²) in [4.78, 5) is 0. The minimum Gasteiger partial charge on any atom is -0.497 e. The largest absolute Gasteiger partial charge is 0.497 e. The molecule has 0 aliphatic carbocycles. The fourth-order valence-corrected chi connectivity index (χ4v) is 2.75. The van der Waals surface area contributed by atoms with Crippen molar-refractivity contribution in [2.45, 2.75) is 19.3 Å². The summed E-state index contributed by atoms with van der Waals surface area (Å²) >= 11 is 0. The lowest BCUT2D eigenvalue weighted by atomic mass is 10.1. The molecule has 0 saturated carbocycles. The van der Waals surface area contributed by atoms with Crippen LogP contribution in [-0.4, -0.2) is 35.0 Å². The molecule has 0 amide bonds. The average Bonchev–Trinajstić information content (AvgIpc) is 2.58. The van der Waals surface area contributed by atoms with Gasteiger partial charge in [-0.25, -0.2) is 0 Å². The van der Waals surface area contributed by atoms with Crippen molar-refractivity contribution < 1.29 is 22.1 Å². The third-order valence-electron chi connectivity index (χ3n) is 3.62. The van der Waals surface area contributed by atoms with Crippen LogP contribution in [0.1, 0.15) is 17.5 Å². The summed E-state index contributed by atoms with van der Waals surface area (Å²) in [5.41, 5.74) is 2.23. The van der Waals surface area contributed by atoms with E-state index in [1.807, 2.05) is 36.4 Å². The summed E-state index contributed by atoms with van der Waals surface area (Å²) in [6.07, 6.45) is 3.42. The van der Waals surface area contributed by atoms with E-state index in [0.29, 0.717) is 13.0 Å². The second-order valence-corrected chi connectivity index (χ2v) is 7.37. The van der Waals surface area contributed by atoms with E-state index in [-0.39, 0.29) is 6.61 Å². The van der Waals surface area contributed by atoms with E-state index in [9.17, 15) is 8.42 Å². The van der Waals surface area contributed by atoms with Crippen molar-refractivity contribution in [2.75, 3.05) is 26.6 Å². The van der Waals surface area contributed by atoms with E-state index < -0.39 is 10.1 Å². The molecule has 0 atom stereocenters. The summed E-state index contributed by atoms with van der Waals surface area (Å²) in [5, 5.41) is 0. The molecule has 2 aromatic carbocycles. The van der Waals surface area contributed by atoms with Crippen molar-refractivity contribution in [2.24, 2.45) is 0 Å². The lowest BCUT2D eigenvalue weighted by Gasteiger charge is -2.09. The van der Waals surface area contributed by atoms with E-state index >= 15 is 0 Å². The summed E-state index contributed by atoms with van der Waals surface area (Å²) in [7, 11) is -1.73. The molecule has 0 saturated heterocycles. The molecule has 0 heterocycles. The fraction of sp³-hybridized carbons (Fsp3) is 0.368. The molecule has 0 N–H and O–H groups in total. The first-order valence-corrected chi connectivity index (χ1v) is 9.97. The molecule has 5 nitrogen and oxygen atoms in total. The topological polar surface area (TPSA) is 61.8 Å². The van der Waals surface area contributed by atoms with E-state index in [1.165, 1.54) is 5.56 Å². The highest BCUT2D eigenvalue weighted by Gasteiger charge is 2.03. The van der Waals surface area contributed by atoms with Gasteiger partial charge in [0.15, 0.2) is 0 Å². The molecule has 0 spiro atoms. The number of methoxy groups -OCH3 is 1. The van der Waals surface area contributed by atoms with Crippen LogP contribution < -0.4 is 9.47 Å². The molecule has 2 aromatic rings. The second-order valence-electron chi connectivity index (χ2n) is 5.72. The predicted octanol–water partition coefficient (Wildman–Crippen LogP) is 3.23. The lowest BCUT2D eigenvalue weighted by molar-refractivity contribution is 0.309. The predicted molar refractivity (Wildman–Crippen MR) is 97.8 cm³/mol. The first-order valence-electron chi connectivity index (χ1n) is 8.15. The van der Waals surface area contributed by atoms with Crippen molar-refractivity contribution in [3.05, 3.63) is 59.7 Å². The van der Waals surface area contributed by atoms with Gasteiger partial charge in [0, 0.05) is 0 Å². The van der Waals surface area contributed by atoms with Gasteiger partial charge in [0.1, 0.15) is 11.5 Å². The second kappa shape index (κ2) is 9.44. The van der Waals surface area contributed by atoms with Gasteiger partial charge in [-0.15, -0.1) is 0 Å². The van der Waals surface area contributed by atoms with Crippen molar-refractivity contribution in [3.63, 3.8) is 0 Å². The monoisotopic (exact) mass is 364 g/mol. The smallest absolute Gasteiger partial charge is 0.264 e. The quantitative estimate of drug-likeness (QED) is 0.478. The maximum absolute atomic E-state index is 11.0. The summed E-state index contributed by atoms with van der Waals surface area (Å²) in [6, 6.07) is 15.7. The molecule has 136 valence electrons. The standard InChI is InChI=1S/C19H24O5S/c1-22-18-10-8-16(9-11-18)6-4-13-23-19-7-3-5-17(15-19)12-14-24-25(2,20)21/h3,5,7-11,15H,4,6,12-14H2,1-2H3. The Labute approximate surface area is 149 Å². The molecule has 2 rings (SSSR count). The Balaban J connectivity index is 1.74. The van der Waals surface area contributed by atoms with Gasteiger partial charge < -0.3 is 9.47 Å². The first-order chi connectivity index (χ1) is 12.0. The maximum atomic E-state index is 11.0. The molecule has 0 unspecified atom stereocenters. The van der Waals surface area contributed by atoms with Gasteiger partial charge in [0.25, 0.3) is 10.1 Å². The van der Waals surface area contributed by atoms with Crippen LogP contribution in [0.4, 0.5) is 0 Å². The van der Waals surface area contributed by atoms with Gasteiger partial charge in [0.05, 0.1) is 26.6 Å². The van der Waals surface area contributed by atoms with E-state index in [4.69, 9.17) is 13.7 Å². The Morgan fingerprint density at radius 1 is 0.880 bits per heavy atom. The number of aryl methyl sites for hydroxylation is 1. The maximum Gasteiger partial charge on any atom is 0.264 e. The number of ether oxygens (including phenoxy) is 2. The third-order valence-corrected chi connectivity index (χ3v) is 4.22. The lowest BCUT2D eigenvalue weighted by Crippen LogP contribution is -2.06.